The van der Waals surface area contributed by atoms with Gasteiger partial charge in [-0.05, 0) is 42.0 Å². The van der Waals surface area contributed by atoms with Gasteiger partial charge in [-0.15, -0.1) is 0 Å². The maximum Gasteiger partial charge on any atom is 0.387 e. The van der Waals surface area contributed by atoms with E-state index >= 15 is 0 Å². The average Bonchev–Trinajstić information content (AvgIpc) is 3.23. The molecule has 6 nitrogen and oxygen atoms in total. The van der Waals surface area contributed by atoms with Crippen molar-refractivity contribution in [1.29, 1.82) is 0 Å². The minimum Gasteiger partial charge on any atom is -0.487 e. The molecular formula is C20H16F3N3O3. The maximum atomic E-state index is 14.4. The highest BCUT2D eigenvalue weighted by molar-refractivity contribution is 6.10. The number of anilines is 1. The summed E-state index contributed by atoms with van der Waals surface area (Å²) in [6, 6.07) is 10.1. The van der Waals surface area contributed by atoms with E-state index in [0.717, 1.165) is 11.8 Å². The van der Waals surface area contributed by atoms with Gasteiger partial charge in [0.05, 0.1) is 17.9 Å². The van der Waals surface area contributed by atoms with Crippen molar-refractivity contribution in [1.82, 2.24) is 9.78 Å². The Labute approximate surface area is 164 Å². The van der Waals surface area contributed by atoms with E-state index in [4.69, 9.17) is 4.74 Å². The summed E-state index contributed by atoms with van der Waals surface area (Å²) in [5, 5.41) is 4.23. The molecule has 0 spiro atoms. The van der Waals surface area contributed by atoms with Gasteiger partial charge in [-0.3, -0.25) is 9.48 Å². The van der Waals surface area contributed by atoms with E-state index in [1.54, 1.807) is 22.9 Å². The average molecular weight is 403 g/mol. The normalized spacial score (nSPS) is 13.1. The number of alkyl halides is 2. The molecule has 29 heavy (non-hydrogen) atoms. The van der Waals surface area contributed by atoms with Crippen molar-refractivity contribution in [2.24, 2.45) is 7.05 Å². The predicted octanol–water partition coefficient (Wildman–Crippen LogP) is 3.90. The van der Waals surface area contributed by atoms with Crippen LogP contribution in [-0.2, 0) is 20.2 Å². The monoisotopic (exact) mass is 403 g/mol. The fourth-order valence-electron chi connectivity index (χ4n) is 3.16. The molecule has 1 amide bonds. The highest BCUT2D eigenvalue weighted by Gasteiger charge is 2.30. The Balaban J connectivity index is 1.51. The quantitative estimate of drug-likeness (QED) is 0.627. The lowest BCUT2D eigenvalue weighted by Gasteiger charge is -2.17. The lowest BCUT2D eigenvalue weighted by molar-refractivity contribution is -0.0499. The third-order valence-electron chi connectivity index (χ3n) is 4.47. The lowest BCUT2D eigenvalue weighted by Crippen LogP contribution is -2.24. The molecule has 0 unspecified atom stereocenters. The van der Waals surface area contributed by atoms with Crippen LogP contribution in [0.1, 0.15) is 21.6 Å². The zero-order chi connectivity index (χ0) is 20.5. The van der Waals surface area contributed by atoms with Gasteiger partial charge in [-0.2, -0.15) is 13.9 Å². The van der Waals surface area contributed by atoms with Crippen molar-refractivity contribution in [2.75, 3.05) is 4.90 Å². The molecular weight excluding hydrogens is 387 g/mol. The fraction of sp³-hybridized carbons (Fsp3) is 0.200. The number of amides is 1. The van der Waals surface area contributed by atoms with Crippen LogP contribution >= 0.6 is 0 Å². The molecule has 4 rings (SSSR count). The lowest BCUT2D eigenvalue weighted by atomic mass is 10.1. The highest BCUT2D eigenvalue weighted by atomic mass is 19.3. The second kappa shape index (κ2) is 7.50. The Kier molecular flexibility index (Phi) is 4.87. The molecule has 0 saturated carbocycles. The molecule has 9 heteroatoms. The number of fused-ring (bicyclic) bond motifs is 1. The van der Waals surface area contributed by atoms with E-state index in [2.05, 4.69) is 9.84 Å². The van der Waals surface area contributed by atoms with Gasteiger partial charge in [0.25, 0.3) is 5.91 Å². The van der Waals surface area contributed by atoms with Gasteiger partial charge in [0.15, 0.2) is 5.82 Å². The van der Waals surface area contributed by atoms with Gasteiger partial charge in [-0.25, -0.2) is 4.39 Å². The first-order valence-corrected chi connectivity index (χ1v) is 8.71. The van der Waals surface area contributed by atoms with Gasteiger partial charge < -0.3 is 14.4 Å². The van der Waals surface area contributed by atoms with E-state index < -0.39 is 12.4 Å². The van der Waals surface area contributed by atoms with E-state index in [1.165, 1.54) is 17.0 Å². The van der Waals surface area contributed by atoms with Gasteiger partial charge >= 0.3 is 6.61 Å². The molecule has 3 aromatic rings. The maximum absolute atomic E-state index is 14.4. The molecule has 0 bridgehead atoms. The van der Waals surface area contributed by atoms with E-state index in [9.17, 15) is 18.0 Å². The Morgan fingerprint density at radius 2 is 1.93 bits per heavy atom. The molecule has 0 atom stereocenters. The first-order valence-electron chi connectivity index (χ1n) is 8.71. The first kappa shape index (κ1) is 18.9. The zero-order valence-electron chi connectivity index (χ0n) is 15.3. The second-order valence-electron chi connectivity index (χ2n) is 6.47. The fourth-order valence-corrected chi connectivity index (χ4v) is 3.16. The van der Waals surface area contributed by atoms with E-state index in [-0.39, 0.29) is 30.5 Å². The third-order valence-corrected chi connectivity index (χ3v) is 4.47. The number of nitrogens with zero attached hydrogens (tertiary/aromatic N) is 3. The van der Waals surface area contributed by atoms with Crippen LogP contribution in [-0.4, -0.2) is 22.3 Å². The topological polar surface area (TPSA) is 56.6 Å². The number of hydrogen-bond acceptors (Lipinski definition) is 4. The SMILES string of the molecule is Cn1ccc(COc2ccc3c(c2)CN(c2ccc(OC(F)F)cc2F)C3=O)n1. The van der Waals surface area contributed by atoms with Crippen molar-refractivity contribution in [2.45, 2.75) is 19.8 Å². The largest absolute Gasteiger partial charge is 0.487 e. The molecule has 0 fully saturated rings. The summed E-state index contributed by atoms with van der Waals surface area (Å²) in [5.74, 6) is -0.950. The number of benzene rings is 2. The molecule has 0 aliphatic carbocycles. The number of aryl methyl sites for hydroxylation is 1. The Morgan fingerprint density at radius 1 is 1.14 bits per heavy atom. The van der Waals surface area contributed by atoms with Crippen LogP contribution < -0.4 is 14.4 Å². The van der Waals surface area contributed by atoms with Crippen LogP contribution in [0, 0.1) is 5.82 Å². The highest BCUT2D eigenvalue weighted by Crippen LogP contribution is 2.33. The number of carbonyl (C=O) groups excluding carboxylic acids is 1. The van der Waals surface area contributed by atoms with Crippen LogP contribution in [0.15, 0.2) is 48.7 Å². The second-order valence-corrected chi connectivity index (χ2v) is 6.47. The summed E-state index contributed by atoms with van der Waals surface area (Å²) in [4.78, 5) is 13.9. The molecule has 0 N–H and O–H groups in total. The van der Waals surface area contributed by atoms with Crippen molar-refractivity contribution in [3.8, 4) is 11.5 Å². The number of aromatic nitrogens is 2. The van der Waals surface area contributed by atoms with Crippen LogP contribution in [0.5, 0.6) is 11.5 Å². The predicted molar refractivity (Wildman–Crippen MR) is 97.5 cm³/mol. The van der Waals surface area contributed by atoms with Crippen LogP contribution in [0.25, 0.3) is 0 Å². The summed E-state index contributed by atoms with van der Waals surface area (Å²) >= 11 is 0. The summed E-state index contributed by atoms with van der Waals surface area (Å²) in [5.41, 5.74) is 1.87. The number of carbonyl (C=O) groups is 1. The van der Waals surface area contributed by atoms with Gasteiger partial charge in [0.2, 0.25) is 0 Å². The molecule has 1 aliphatic heterocycles. The van der Waals surface area contributed by atoms with Crippen LogP contribution in [0.4, 0.5) is 18.9 Å². The standard InChI is InChI=1S/C20H16F3N3O3/c1-25-7-6-13(24-25)11-28-14-2-4-16-12(8-14)10-26(19(16)27)18-5-3-15(9-17(18)21)29-20(22)23/h2-9,20H,10-11H2,1H3. The van der Waals surface area contributed by atoms with Gasteiger partial charge in [0.1, 0.15) is 18.1 Å². The van der Waals surface area contributed by atoms with Crippen molar-refractivity contribution >= 4 is 11.6 Å². The van der Waals surface area contributed by atoms with Crippen LogP contribution in [0.3, 0.4) is 0 Å². The Morgan fingerprint density at radius 3 is 2.62 bits per heavy atom. The summed E-state index contributed by atoms with van der Waals surface area (Å²) in [6.07, 6.45) is 1.81. The van der Waals surface area contributed by atoms with Crippen LogP contribution in [0.2, 0.25) is 0 Å². The van der Waals surface area contributed by atoms with Gasteiger partial charge in [0, 0.05) is 24.9 Å². The number of hydrogen-bond donors (Lipinski definition) is 0. The van der Waals surface area contributed by atoms with E-state index in [1.807, 2.05) is 19.3 Å². The molecule has 2 heterocycles. The molecule has 150 valence electrons. The minimum absolute atomic E-state index is 0.0104. The Hall–Kier alpha value is -3.49. The number of ether oxygens (including phenoxy) is 2. The molecule has 0 radical (unpaired) electrons. The molecule has 1 aromatic heterocycles. The summed E-state index contributed by atoms with van der Waals surface area (Å²) < 4.78 is 50.5. The minimum atomic E-state index is -3.05. The summed E-state index contributed by atoms with van der Waals surface area (Å²) in [7, 11) is 1.81. The van der Waals surface area contributed by atoms with Crippen molar-refractivity contribution in [3.63, 3.8) is 0 Å². The first-order chi connectivity index (χ1) is 13.9. The molecule has 1 aliphatic rings. The third kappa shape index (κ3) is 3.89. The molecule has 2 aromatic carbocycles. The van der Waals surface area contributed by atoms with Gasteiger partial charge in [-0.1, -0.05) is 0 Å². The van der Waals surface area contributed by atoms with Crippen molar-refractivity contribution in [3.05, 3.63) is 71.3 Å². The zero-order valence-corrected chi connectivity index (χ0v) is 15.3. The van der Waals surface area contributed by atoms with Crippen molar-refractivity contribution < 1.29 is 27.4 Å². The number of halogens is 3. The Bertz CT molecular complexity index is 1070. The smallest absolute Gasteiger partial charge is 0.387 e. The van der Waals surface area contributed by atoms with E-state index in [0.29, 0.717) is 16.9 Å². The number of rotatable bonds is 6. The summed E-state index contributed by atoms with van der Waals surface area (Å²) in [6.45, 7) is -2.64. The molecule has 0 saturated heterocycles.